The SMILES string of the molecule is C=C/C=C(\C)C1=NC(C(F)(F)F)(C(F)(F)F)C(=N)N1CC. The molecule has 1 rings (SSSR count). The van der Waals surface area contributed by atoms with E-state index in [4.69, 9.17) is 5.41 Å². The first-order valence-electron chi connectivity index (χ1n) is 5.83. The molecule has 0 aliphatic carbocycles. The van der Waals surface area contributed by atoms with Crippen molar-refractivity contribution in [2.45, 2.75) is 31.7 Å². The van der Waals surface area contributed by atoms with Crippen LogP contribution in [-0.2, 0) is 0 Å². The van der Waals surface area contributed by atoms with E-state index in [1.165, 1.54) is 26.0 Å². The summed E-state index contributed by atoms with van der Waals surface area (Å²) in [5, 5.41) is 7.40. The number of allylic oxidation sites excluding steroid dienone is 2. The Balaban J connectivity index is 3.65. The maximum absolute atomic E-state index is 13.1. The van der Waals surface area contributed by atoms with Gasteiger partial charge in [-0.2, -0.15) is 26.3 Å². The number of likely N-dealkylation sites (N-methyl/N-ethyl adjacent to an activating group) is 1. The molecular formula is C12H13F6N3. The highest BCUT2D eigenvalue weighted by atomic mass is 19.4. The number of halogens is 6. The highest BCUT2D eigenvalue weighted by molar-refractivity contribution is 6.16. The lowest BCUT2D eigenvalue weighted by Gasteiger charge is -2.31. The first kappa shape index (κ1) is 17.3. The second-order valence-electron chi connectivity index (χ2n) is 4.32. The highest BCUT2D eigenvalue weighted by Gasteiger charge is 2.77. The van der Waals surface area contributed by atoms with Crippen LogP contribution in [-0.4, -0.2) is 41.0 Å². The molecule has 0 aromatic rings. The van der Waals surface area contributed by atoms with Gasteiger partial charge in [0.15, 0.2) is 0 Å². The van der Waals surface area contributed by atoms with Crippen molar-refractivity contribution in [2.24, 2.45) is 4.99 Å². The predicted molar refractivity (Wildman–Crippen MR) is 66.3 cm³/mol. The summed E-state index contributed by atoms with van der Waals surface area (Å²) in [6.45, 7) is 5.73. The summed E-state index contributed by atoms with van der Waals surface area (Å²) in [5.41, 5.74) is -4.46. The van der Waals surface area contributed by atoms with Gasteiger partial charge in [0.05, 0.1) is 0 Å². The Bertz CT molecular complexity index is 498. The average molecular weight is 313 g/mol. The number of aliphatic imine (C=N–C) groups is 1. The second-order valence-corrected chi connectivity index (χ2v) is 4.32. The molecule has 1 aliphatic rings. The van der Waals surface area contributed by atoms with E-state index in [1.807, 2.05) is 0 Å². The van der Waals surface area contributed by atoms with Crippen LogP contribution in [0.15, 0.2) is 29.3 Å². The van der Waals surface area contributed by atoms with E-state index in [0.29, 0.717) is 4.90 Å². The van der Waals surface area contributed by atoms with Crippen molar-refractivity contribution < 1.29 is 26.3 Å². The van der Waals surface area contributed by atoms with Crippen LogP contribution in [0.4, 0.5) is 26.3 Å². The summed E-state index contributed by atoms with van der Waals surface area (Å²) in [7, 11) is 0. The third kappa shape index (κ3) is 2.44. The summed E-state index contributed by atoms with van der Waals surface area (Å²) in [4.78, 5) is 3.46. The molecule has 0 amide bonds. The monoisotopic (exact) mass is 313 g/mol. The Hall–Kier alpha value is -1.80. The van der Waals surface area contributed by atoms with E-state index in [-0.39, 0.29) is 12.1 Å². The van der Waals surface area contributed by atoms with Crippen LogP contribution in [0.25, 0.3) is 0 Å². The van der Waals surface area contributed by atoms with E-state index in [1.54, 1.807) is 0 Å². The van der Waals surface area contributed by atoms with Crippen molar-refractivity contribution in [2.75, 3.05) is 6.54 Å². The van der Waals surface area contributed by atoms with Crippen molar-refractivity contribution in [3.63, 3.8) is 0 Å². The Morgan fingerprint density at radius 1 is 1.29 bits per heavy atom. The Labute approximate surface area is 117 Å². The van der Waals surface area contributed by atoms with Crippen molar-refractivity contribution in [3.8, 4) is 0 Å². The average Bonchev–Trinajstić information content (AvgIpc) is 2.62. The zero-order valence-electron chi connectivity index (χ0n) is 11.2. The van der Waals surface area contributed by atoms with Gasteiger partial charge >= 0.3 is 17.9 Å². The highest BCUT2D eigenvalue weighted by Crippen LogP contribution is 2.50. The van der Waals surface area contributed by atoms with Gasteiger partial charge < -0.3 is 4.90 Å². The minimum atomic E-state index is -5.76. The lowest BCUT2D eigenvalue weighted by atomic mass is 9.97. The van der Waals surface area contributed by atoms with Gasteiger partial charge in [-0.15, -0.1) is 0 Å². The van der Waals surface area contributed by atoms with Crippen molar-refractivity contribution in [1.82, 2.24) is 4.90 Å². The van der Waals surface area contributed by atoms with Crippen LogP contribution in [0.1, 0.15) is 13.8 Å². The molecule has 0 fully saturated rings. The summed E-state index contributed by atoms with van der Waals surface area (Å²) in [5.74, 6) is -2.17. The fourth-order valence-corrected chi connectivity index (χ4v) is 1.99. The Kier molecular flexibility index (Phi) is 4.27. The molecule has 0 saturated carbocycles. The molecule has 0 spiro atoms. The molecule has 21 heavy (non-hydrogen) atoms. The van der Waals surface area contributed by atoms with Gasteiger partial charge in [0.2, 0.25) is 0 Å². The van der Waals surface area contributed by atoms with Crippen LogP contribution in [0.3, 0.4) is 0 Å². The number of nitrogens with zero attached hydrogens (tertiary/aromatic N) is 2. The minimum Gasteiger partial charge on any atom is -0.313 e. The molecule has 3 nitrogen and oxygen atoms in total. The second kappa shape index (κ2) is 5.19. The minimum absolute atomic E-state index is 0.0620. The van der Waals surface area contributed by atoms with Gasteiger partial charge in [0.1, 0.15) is 11.7 Å². The molecule has 0 aromatic heterocycles. The molecule has 1 N–H and O–H groups in total. The van der Waals surface area contributed by atoms with E-state index in [2.05, 4.69) is 11.6 Å². The molecule has 0 atom stereocenters. The molecule has 0 bridgehead atoms. The summed E-state index contributed by atoms with van der Waals surface area (Å²) < 4.78 is 78.4. The normalized spacial score (nSPS) is 19.8. The van der Waals surface area contributed by atoms with Crippen LogP contribution < -0.4 is 0 Å². The topological polar surface area (TPSA) is 39.5 Å². The zero-order chi connectivity index (χ0) is 16.6. The molecule has 1 aliphatic heterocycles. The number of nitrogens with one attached hydrogen (secondary N) is 1. The van der Waals surface area contributed by atoms with Gasteiger partial charge in [-0.1, -0.05) is 18.7 Å². The summed E-state index contributed by atoms with van der Waals surface area (Å²) in [6, 6.07) is 0. The van der Waals surface area contributed by atoms with Gasteiger partial charge in [-0.05, 0) is 19.4 Å². The molecule has 0 radical (unpaired) electrons. The third-order valence-corrected chi connectivity index (χ3v) is 3.00. The van der Waals surface area contributed by atoms with Gasteiger partial charge in [-0.25, -0.2) is 4.99 Å². The number of hydrogen-bond donors (Lipinski definition) is 1. The standard InChI is InChI=1S/C12H13F6N3/c1-4-6-7(3)8-20-10(11(13,14)15,12(16,17)18)9(19)21(8)5-2/h4,6,19H,1,5H2,2-3H3/b7-6+,19-9?. The third-order valence-electron chi connectivity index (χ3n) is 3.00. The molecule has 0 saturated heterocycles. The van der Waals surface area contributed by atoms with E-state index in [9.17, 15) is 26.3 Å². The Morgan fingerprint density at radius 2 is 1.76 bits per heavy atom. The predicted octanol–water partition coefficient (Wildman–Crippen LogP) is 3.69. The van der Waals surface area contributed by atoms with Crippen LogP contribution in [0.2, 0.25) is 0 Å². The van der Waals surface area contributed by atoms with Crippen molar-refractivity contribution in [1.29, 1.82) is 5.41 Å². The number of amidine groups is 2. The maximum Gasteiger partial charge on any atom is 0.430 e. The molecule has 0 unspecified atom stereocenters. The largest absolute Gasteiger partial charge is 0.430 e. The van der Waals surface area contributed by atoms with E-state index in [0.717, 1.165) is 0 Å². The molecule has 118 valence electrons. The van der Waals surface area contributed by atoms with Crippen molar-refractivity contribution in [3.05, 3.63) is 24.3 Å². The first-order valence-corrected chi connectivity index (χ1v) is 5.83. The fraction of sp³-hybridized carbons (Fsp3) is 0.500. The number of hydrogen-bond acceptors (Lipinski definition) is 2. The molecular weight excluding hydrogens is 300 g/mol. The quantitative estimate of drug-likeness (QED) is 0.626. The first-order chi connectivity index (χ1) is 9.44. The summed E-state index contributed by atoms with van der Waals surface area (Å²) in [6.07, 6.45) is -9.06. The van der Waals surface area contributed by atoms with Gasteiger partial charge in [0, 0.05) is 6.54 Å². The van der Waals surface area contributed by atoms with Crippen LogP contribution in [0, 0.1) is 5.41 Å². The molecule has 1 heterocycles. The molecule has 0 aromatic carbocycles. The van der Waals surface area contributed by atoms with Gasteiger partial charge in [0.25, 0.3) is 0 Å². The van der Waals surface area contributed by atoms with Gasteiger partial charge in [-0.3, -0.25) is 5.41 Å². The van der Waals surface area contributed by atoms with Crippen LogP contribution in [0.5, 0.6) is 0 Å². The number of alkyl halides is 6. The lowest BCUT2D eigenvalue weighted by Crippen LogP contribution is -2.61. The summed E-state index contributed by atoms with van der Waals surface area (Å²) >= 11 is 0. The fourth-order valence-electron chi connectivity index (χ4n) is 1.99. The Morgan fingerprint density at radius 3 is 2.10 bits per heavy atom. The van der Waals surface area contributed by atoms with E-state index >= 15 is 0 Å². The van der Waals surface area contributed by atoms with E-state index < -0.39 is 29.6 Å². The smallest absolute Gasteiger partial charge is 0.313 e. The molecule has 9 heteroatoms. The maximum atomic E-state index is 13.1. The van der Waals surface area contributed by atoms with Crippen molar-refractivity contribution >= 4 is 11.7 Å². The zero-order valence-corrected chi connectivity index (χ0v) is 11.2. The lowest BCUT2D eigenvalue weighted by molar-refractivity contribution is -0.270. The number of rotatable bonds is 3. The van der Waals surface area contributed by atoms with Crippen LogP contribution >= 0.6 is 0 Å².